The molecule has 1 saturated heterocycles. The zero-order chi connectivity index (χ0) is 14.8. The van der Waals surface area contributed by atoms with Gasteiger partial charge in [-0.25, -0.2) is 0 Å². The van der Waals surface area contributed by atoms with Crippen LogP contribution in [0.15, 0.2) is 17.5 Å². The van der Waals surface area contributed by atoms with Gasteiger partial charge in [-0.2, -0.15) is 5.10 Å². The summed E-state index contributed by atoms with van der Waals surface area (Å²) in [6, 6.07) is 0. The standard InChI is InChI=1S/C12H20N6O2/c1-17-5-3-12(4-6-17,11(13)16-20)15-10(19)9-7-14-18(2)8-9/h7-8,20H,3-6H2,1-2H3,(H2,13,16)(H,15,19). The molecular formula is C12H20N6O2. The topological polar surface area (TPSA) is 109 Å². The Bertz CT molecular complexity index is 516. The van der Waals surface area contributed by atoms with E-state index in [1.807, 2.05) is 7.05 Å². The number of rotatable bonds is 3. The molecule has 0 radical (unpaired) electrons. The molecule has 1 aromatic rings. The average Bonchev–Trinajstić information content (AvgIpc) is 2.87. The molecule has 20 heavy (non-hydrogen) atoms. The van der Waals surface area contributed by atoms with Gasteiger partial charge < -0.3 is 21.2 Å². The van der Waals surface area contributed by atoms with Gasteiger partial charge in [-0.15, -0.1) is 0 Å². The van der Waals surface area contributed by atoms with Crippen molar-refractivity contribution in [3.8, 4) is 0 Å². The predicted molar refractivity (Wildman–Crippen MR) is 73.5 cm³/mol. The van der Waals surface area contributed by atoms with Crippen LogP contribution in [0.2, 0.25) is 0 Å². The molecule has 8 nitrogen and oxygen atoms in total. The molecule has 0 atom stereocenters. The number of likely N-dealkylation sites (tertiary alicyclic amines) is 1. The second-order valence-corrected chi connectivity index (χ2v) is 5.23. The Balaban J connectivity index is 2.18. The highest BCUT2D eigenvalue weighted by Crippen LogP contribution is 2.22. The molecule has 0 spiro atoms. The van der Waals surface area contributed by atoms with Crippen LogP contribution < -0.4 is 11.1 Å². The van der Waals surface area contributed by atoms with E-state index in [1.54, 1.807) is 17.9 Å². The largest absolute Gasteiger partial charge is 0.409 e. The van der Waals surface area contributed by atoms with E-state index in [1.165, 1.54) is 6.20 Å². The molecule has 1 fully saturated rings. The van der Waals surface area contributed by atoms with Crippen LogP contribution in [0.5, 0.6) is 0 Å². The van der Waals surface area contributed by atoms with Crippen molar-refractivity contribution in [3.05, 3.63) is 18.0 Å². The number of nitrogens with zero attached hydrogens (tertiary/aromatic N) is 4. The first-order valence-electron chi connectivity index (χ1n) is 6.44. The van der Waals surface area contributed by atoms with Crippen LogP contribution in [0.25, 0.3) is 0 Å². The Morgan fingerprint density at radius 3 is 2.65 bits per heavy atom. The van der Waals surface area contributed by atoms with Gasteiger partial charge in [0.15, 0.2) is 5.84 Å². The van der Waals surface area contributed by atoms with Crippen LogP contribution in [0.3, 0.4) is 0 Å². The van der Waals surface area contributed by atoms with Crippen molar-refractivity contribution in [2.75, 3.05) is 20.1 Å². The van der Waals surface area contributed by atoms with Crippen LogP contribution in [0.4, 0.5) is 0 Å². The van der Waals surface area contributed by atoms with Crippen molar-refractivity contribution in [1.82, 2.24) is 20.0 Å². The van der Waals surface area contributed by atoms with E-state index in [9.17, 15) is 4.79 Å². The third-order valence-corrected chi connectivity index (χ3v) is 3.76. The minimum atomic E-state index is -0.797. The van der Waals surface area contributed by atoms with Crippen LogP contribution in [-0.4, -0.2) is 57.3 Å². The highest BCUT2D eigenvalue weighted by Gasteiger charge is 2.39. The minimum absolute atomic E-state index is 0.0443. The van der Waals surface area contributed by atoms with E-state index >= 15 is 0 Å². The molecule has 0 aromatic carbocycles. The molecule has 2 rings (SSSR count). The molecule has 8 heteroatoms. The van der Waals surface area contributed by atoms with Crippen molar-refractivity contribution >= 4 is 11.7 Å². The van der Waals surface area contributed by atoms with Crippen LogP contribution in [0.1, 0.15) is 23.2 Å². The molecule has 1 aliphatic heterocycles. The zero-order valence-electron chi connectivity index (χ0n) is 11.7. The number of aryl methyl sites for hydroxylation is 1. The summed E-state index contributed by atoms with van der Waals surface area (Å²) in [6.07, 6.45) is 4.32. The van der Waals surface area contributed by atoms with Gasteiger partial charge in [0.25, 0.3) is 5.91 Å². The van der Waals surface area contributed by atoms with E-state index in [0.29, 0.717) is 18.4 Å². The fourth-order valence-corrected chi connectivity index (χ4v) is 2.37. The number of aromatic nitrogens is 2. The quantitative estimate of drug-likeness (QED) is 0.295. The maximum absolute atomic E-state index is 12.3. The van der Waals surface area contributed by atoms with Gasteiger partial charge in [0, 0.05) is 26.3 Å². The van der Waals surface area contributed by atoms with E-state index in [4.69, 9.17) is 10.9 Å². The highest BCUT2D eigenvalue weighted by atomic mass is 16.4. The van der Waals surface area contributed by atoms with E-state index in [0.717, 1.165) is 13.1 Å². The smallest absolute Gasteiger partial charge is 0.255 e. The fourth-order valence-electron chi connectivity index (χ4n) is 2.37. The van der Waals surface area contributed by atoms with Gasteiger partial charge in [0.05, 0.1) is 11.8 Å². The number of hydrogen-bond acceptors (Lipinski definition) is 5. The number of carbonyl (C=O) groups excluding carboxylic acids is 1. The van der Waals surface area contributed by atoms with E-state index in [-0.39, 0.29) is 11.7 Å². The summed E-state index contributed by atoms with van der Waals surface area (Å²) in [5.74, 6) is -0.225. The molecule has 1 aromatic heterocycles. The first-order valence-corrected chi connectivity index (χ1v) is 6.44. The van der Waals surface area contributed by atoms with Crippen LogP contribution >= 0.6 is 0 Å². The molecule has 1 aliphatic rings. The maximum atomic E-state index is 12.3. The van der Waals surface area contributed by atoms with Crippen molar-refractivity contribution in [2.45, 2.75) is 18.4 Å². The average molecular weight is 280 g/mol. The minimum Gasteiger partial charge on any atom is -0.409 e. The number of piperidine rings is 1. The molecule has 0 saturated carbocycles. The molecule has 0 bridgehead atoms. The second-order valence-electron chi connectivity index (χ2n) is 5.23. The number of amidine groups is 1. The summed E-state index contributed by atoms with van der Waals surface area (Å²) in [7, 11) is 3.74. The first-order chi connectivity index (χ1) is 9.47. The van der Waals surface area contributed by atoms with Gasteiger partial charge in [-0.3, -0.25) is 9.48 Å². The lowest BCUT2D eigenvalue weighted by Crippen LogP contribution is -2.62. The summed E-state index contributed by atoms with van der Waals surface area (Å²) in [5.41, 5.74) is 5.46. The molecule has 0 aliphatic carbocycles. The van der Waals surface area contributed by atoms with Crippen LogP contribution in [0, 0.1) is 0 Å². The van der Waals surface area contributed by atoms with Gasteiger partial charge in [0.2, 0.25) is 0 Å². The number of carbonyl (C=O) groups is 1. The number of nitrogens with two attached hydrogens (primary N) is 1. The fraction of sp³-hybridized carbons (Fsp3) is 0.583. The summed E-state index contributed by atoms with van der Waals surface area (Å²) in [6.45, 7) is 1.53. The molecule has 4 N–H and O–H groups in total. The van der Waals surface area contributed by atoms with E-state index < -0.39 is 5.54 Å². The van der Waals surface area contributed by atoms with Gasteiger partial charge in [-0.1, -0.05) is 5.16 Å². The molecule has 0 unspecified atom stereocenters. The maximum Gasteiger partial charge on any atom is 0.255 e. The molecule has 110 valence electrons. The van der Waals surface area contributed by atoms with Crippen LogP contribution in [-0.2, 0) is 7.05 Å². The number of nitrogens with one attached hydrogen (secondary N) is 1. The monoisotopic (exact) mass is 280 g/mol. The lowest BCUT2D eigenvalue weighted by atomic mass is 9.86. The van der Waals surface area contributed by atoms with E-state index in [2.05, 4.69) is 20.5 Å². The molecular weight excluding hydrogens is 260 g/mol. The molecule has 1 amide bonds. The van der Waals surface area contributed by atoms with Gasteiger partial charge in [-0.05, 0) is 19.9 Å². The lowest BCUT2D eigenvalue weighted by Gasteiger charge is -2.40. The Morgan fingerprint density at radius 2 is 2.15 bits per heavy atom. The third-order valence-electron chi connectivity index (χ3n) is 3.76. The Kier molecular flexibility index (Phi) is 3.93. The normalized spacial score (nSPS) is 19.8. The van der Waals surface area contributed by atoms with Crippen molar-refractivity contribution < 1.29 is 10.0 Å². The van der Waals surface area contributed by atoms with Gasteiger partial charge in [0.1, 0.15) is 5.54 Å². The summed E-state index contributed by atoms with van der Waals surface area (Å²) in [4.78, 5) is 14.4. The number of amides is 1. The second kappa shape index (κ2) is 5.49. The van der Waals surface area contributed by atoms with Crippen molar-refractivity contribution in [1.29, 1.82) is 0 Å². The molecule has 2 heterocycles. The summed E-state index contributed by atoms with van der Waals surface area (Å²) >= 11 is 0. The summed E-state index contributed by atoms with van der Waals surface area (Å²) in [5, 5.41) is 19.0. The lowest BCUT2D eigenvalue weighted by molar-refractivity contribution is 0.0886. The highest BCUT2D eigenvalue weighted by molar-refractivity contribution is 6.00. The zero-order valence-corrected chi connectivity index (χ0v) is 11.7. The van der Waals surface area contributed by atoms with Gasteiger partial charge >= 0.3 is 0 Å². The number of hydrogen-bond donors (Lipinski definition) is 3. The van der Waals surface area contributed by atoms with Crippen molar-refractivity contribution in [3.63, 3.8) is 0 Å². The number of oxime groups is 1. The van der Waals surface area contributed by atoms with Crippen molar-refractivity contribution in [2.24, 2.45) is 17.9 Å². The third kappa shape index (κ3) is 2.74. The predicted octanol–water partition coefficient (Wildman–Crippen LogP) is -0.639. The first kappa shape index (κ1) is 14.3. The Labute approximate surface area is 117 Å². The SMILES string of the molecule is CN1CCC(NC(=O)c2cnn(C)c2)(/C(N)=N/O)CC1. The Hall–Kier alpha value is -2.09. The Morgan fingerprint density at radius 1 is 1.50 bits per heavy atom. The summed E-state index contributed by atoms with van der Waals surface area (Å²) < 4.78 is 1.56.